The number of rotatable bonds is 5. The SMILES string of the molecule is CCNC(Cc1ccc(I)cc1)C1CSCCS1. The summed E-state index contributed by atoms with van der Waals surface area (Å²) in [6.07, 6.45) is 1.16. The van der Waals surface area contributed by atoms with Crippen molar-refractivity contribution in [1.29, 1.82) is 0 Å². The summed E-state index contributed by atoms with van der Waals surface area (Å²) in [7, 11) is 0. The van der Waals surface area contributed by atoms with E-state index in [-0.39, 0.29) is 0 Å². The number of hydrogen-bond donors (Lipinski definition) is 1. The van der Waals surface area contributed by atoms with E-state index in [0.717, 1.165) is 18.2 Å². The van der Waals surface area contributed by atoms with Crippen LogP contribution in [0.3, 0.4) is 0 Å². The van der Waals surface area contributed by atoms with Crippen LogP contribution in [0.4, 0.5) is 0 Å². The fourth-order valence-corrected chi connectivity index (χ4v) is 5.46. The Bertz CT molecular complexity index is 349. The second kappa shape index (κ2) is 8.02. The minimum absolute atomic E-state index is 0.618. The summed E-state index contributed by atoms with van der Waals surface area (Å²) in [6.45, 7) is 3.28. The zero-order valence-corrected chi connectivity index (χ0v) is 14.5. The van der Waals surface area contributed by atoms with Crippen molar-refractivity contribution in [2.45, 2.75) is 24.6 Å². The topological polar surface area (TPSA) is 12.0 Å². The van der Waals surface area contributed by atoms with Gasteiger partial charge in [-0.1, -0.05) is 19.1 Å². The first-order chi connectivity index (χ1) is 8.79. The number of hydrogen-bond acceptors (Lipinski definition) is 3. The van der Waals surface area contributed by atoms with Gasteiger partial charge in [0.1, 0.15) is 0 Å². The van der Waals surface area contributed by atoms with Crippen molar-refractivity contribution in [3.8, 4) is 0 Å². The van der Waals surface area contributed by atoms with Gasteiger partial charge in [-0.25, -0.2) is 0 Å². The predicted octanol–water partition coefficient (Wildman–Crippen LogP) is 3.66. The van der Waals surface area contributed by atoms with Crippen LogP contribution >= 0.6 is 46.1 Å². The number of nitrogens with one attached hydrogen (secondary N) is 1. The summed E-state index contributed by atoms with van der Waals surface area (Å²) in [5, 5.41) is 4.45. The van der Waals surface area contributed by atoms with Crippen molar-refractivity contribution >= 4 is 46.1 Å². The third kappa shape index (κ3) is 4.62. The lowest BCUT2D eigenvalue weighted by Crippen LogP contribution is -2.42. The summed E-state index contributed by atoms with van der Waals surface area (Å²) in [5.41, 5.74) is 1.46. The maximum atomic E-state index is 3.68. The van der Waals surface area contributed by atoms with Crippen LogP contribution in [0.25, 0.3) is 0 Å². The Balaban J connectivity index is 1.98. The largest absolute Gasteiger partial charge is 0.313 e. The first kappa shape index (κ1) is 15.0. The third-order valence-corrected chi connectivity index (χ3v) is 6.77. The van der Waals surface area contributed by atoms with Gasteiger partial charge in [0.25, 0.3) is 0 Å². The molecule has 1 aromatic rings. The van der Waals surface area contributed by atoms with E-state index in [1.807, 2.05) is 0 Å². The van der Waals surface area contributed by atoms with E-state index in [2.05, 4.69) is 82.6 Å². The molecule has 0 radical (unpaired) electrons. The molecule has 0 aromatic heterocycles. The van der Waals surface area contributed by atoms with Gasteiger partial charge >= 0.3 is 0 Å². The first-order valence-corrected chi connectivity index (χ1v) is 9.75. The average Bonchev–Trinajstić information content (AvgIpc) is 2.42. The normalized spacial score (nSPS) is 21.8. The molecule has 18 heavy (non-hydrogen) atoms. The second-order valence-electron chi connectivity index (χ2n) is 4.48. The second-order valence-corrected chi connectivity index (χ2v) is 8.22. The lowest BCUT2D eigenvalue weighted by atomic mass is 10.0. The molecule has 1 aliphatic heterocycles. The van der Waals surface area contributed by atoms with E-state index in [1.165, 1.54) is 26.4 Å². The molecule has 1 aromatic carbocycles. The molecule has 2 unspecified atom stereocenters. The van der Waals surface area contributed by atoms with E-state index in [4.69, 9.17) is 0 Å². The molecule has 1 saturated heterocycles. The highest BCUT2D eigenvalue weighted by molar-refractivity contribution is 14.1. The fourth-order valence-electron chi connectivity index (χ4n) is 2.21. The van der Waals surface area contributed by atoms with E-state index in [0.29, 0.717) is 6.04 Å². The maximum Gasteiger partial charge on any atom is 0.0295 e. The van der Waals surface area contributed by atoms with Gasteiger partial charge in [0.2, 0.25) is 0 Å². The summed E-state index contributed by atoms with van der Waals surface area (Å²) in [5.74, 6) is 3.93. The smallest absolute Gasteiger partial charge is 0.0295 e. The lowest BCUT2D eigenvalue weighted by Gasteiger charge is -2.30. The van der Waals surface area contributed by atoms with Gasteiger partial charge in [-0.15, -0.1) is 0 Å². The van der Waals surface area contributed by atoms with Crippen LogP contribution in [0.1, 0.15) is 12.5 Å². The van der Waals surface area contributed by atoms with Crippen molar-refractivity contribution in [1.82, 2.24) is 5.32 Å². The molecule has 0 bridgehead atoms. The van der Waals surface area contributed by atoms with Crippen molar-refractivity contribution in [3.05, 3.63) is 33.4 Å². The molecule has 1 nitrogen and oxygen atoms in total. The van der Waals surface area contributed by atoms with Gasteiger partial charge in [-0.05, 0) is 53.3 Å². The molecule has 0 amide bonds. The Morgan fingerprint density at radius 3 is 2.72 bits per heavy atom. The molecule has 100 valence electrons. The van der Waals surface area contributed by atoms with E-state index in [1.54, 1.807) is 0 Å². The Morgan fingerprint density at radius 2 is 2.11 bits per heavy atom. The molecular weight excluding hydrogens is 373 g/mol. The number of benzene rings is 1. The Kier molecular flexibility index (Phi) is 6.69. The molecule has 1 aliphatic rings. The zero-order valence-electron chi connectivity index (χ0n) is 10.7. The quantitative estimate of drug-likeness (QED) is 0.767. The molecular formula is C14H20INS2. The zero-order chi connectivity index (χ0) is 12.8. The summed E-state index contributed by atoms with van der Waals surface area (Å²) in [6, 6.07) is 9.58. The van der Waals surface area contributed by atoms with E-state index < -0.39 is 0 Å². The Labute approximate surface area is 132 Å². The van der Waals surface area contributed by atoms with Crippen LogP contribution in [0, 0.1) is 3.57 Å². The van der Waals surface area contributed by atoms with E-state index in [9.17, 15) is 0 Å². The molecule has 1 N–H and O–H groups in total. The molecule has 2 atom stereocenters. The van der Waals surface area contributed by atoms with Crippen LogP contribution in [-0.4, -0.2) is 35.1 Å². The molecule has 2 rings (SSSR count). The average molecular weight is 393 g/mol. The van der Waals surface area contributed by atoms with Crippen molar-refractivity contribution in [2.24, 2.45) is 0 Å². The number of likely N-dealkylation sites (N-methyl/N-ethyl adjacent to an activating group) is 1. The van der Waals surface area contributed by atoms with Gasteiger partial charge in [-0.2, -0.15) is 23.5 Å². The van der Waals surface area contributed by atoms with Crippen LogP contribution in [0.15, 0.2) is 24.3 Å². The minimum atomic E-state index is 0.618. The molecule has 4 heteroatoms. The number of thioether (sulfide) groups is 2. The van der Waals surface area contributed by atoms with Gasteiger partial charge in [0.05, 0.1) is 0 Å². The summed E-state index contributed by atoms with van der Waals surface area (Å²) in [4.78, 5) is 0. The fraction of sp³-hybridized carbons (Fsp3) is 0.571. The molecule has 0 spiro atoms. The highest BCUT2D eigenvalue weighted by Crippen LogP contribution is 2.28. The van der Waals surface area contributed by atoms with Gasteiger partial charge in [-0.3, -0.25) is 0 Å². The van der Waals surface area contributed by atoms with Crippen molar-refractivity contribution in [3.63, 3.8) is 0 Å². The molecule has 1 heterocycles. The van der Waals surface area contributed by atoms with Crippen LogP contribution in [0.5, 0.6) is 0 Å². The Hall–Kier alpha value is 0.610. The predicted molar refractivity (Wildman–Crippen MR) is 93.9 cm³/mol. The maximum absolute atomic E-state index is 3.68. The van der Waals surface area contributed by atoms with Crippen LogP contribution < -0.4 is 5.32 Å². The molecule has 0 saturated carbocycles. The standard InChI is InChI=1S/C14H20INS2/c1-2-16-13(14-10-17-7-8-18-14)9-11-3-5-12(15)6-4-11/h3-6,13-14,16H,2,7-10H2,1H3. The first-order valence-electron chi connectivity index (χ1n) is 6.46. The Morgan fingerprint density at radius 1 is 1.33 bits per heavy atom. The third-order valence-electron chi connectivity index (χ3n) is 3.13. The van der Waals surface area contributed by atoms with Gasteiger partial charge < -0.3 is 5.32 Å². The molecule has 1 fully saturated rings. The highest BCUT2D eigenvalue weighted by Gasteiger charge is 2.23. The van der Waals surface area contributed by atoms with Crippen molar-refractivity contribution < 1.29 is 0 Å². The lowest BCUT2D eigenvalue weighted by molar-refractivity contribution is 0.522. The monoisotopic (exact) mass is 393 g/mol. The highest BCUT2D eigenvalue weighted by atomic mass is 127. The van der Waals surface area contributed by atoms with Crippen LogP contribution in [-0.2, 0) is 6.42 Å². The number of halogens is 1. The minimum Gasteiger partial charge on any atom is -0.313 e. The molecule has 0 aliphatic carbocycles. The summed E-state index contributed by atoms with van der Waals surface area (Å²) < 4.78 is 1.32. The van der Waals surface area contributed by atoms with Crippen LogP contribution in [0.2, 0.25) is 0 Å². The van der Waals surface area contributed by atoms with Gasteiger partial charge in [0.15, 0.2) is 0 Å². The van der Waals surface area contributed by atoms with Crippen molar-refractivity contribution in [2.75, 3.05) is 23.8 Å². The van der Waals surface area contributed by atoms with Gasteiger partial charge in [0, 0.05) is 32.1 Å². The van der Waals surface area contributed by atoms with E-state index >= 15 is 0 Å². The summed E-state index contributed by atoms with van der Waals surface area (Å²) >= 11 is 6.62.